The van der Waals surface area contributed by atoms with E-state index in [9.17, 15) is 0 Å². The second-order valence-corrected chi connectivity index (χ2v) is 6.65. The molecule has 4 rings (SSSR count). The number of rotatable bonds is 5. The SMILES string of the molecule is COCc1nc([C@H]2CN(c3ncc(C)cn3)C[C@@H]2C2CC2)n[nH]1. The third-order valence-electron chi connectivity index (χ3n) is 4.80. The molecule has 2 fully saturated rings. The van der Waals surface area contributed by atoms with Crippen LogP contribution in [0.25, 0.3) is 0 Å². The second kappa shape index (κ2) is 5.88. The lowest BCUT2D eigenvalue weighted by atomic mass is 9.91. The first kappa shape index (κ1) is 14.6. The van der Waals surface area contributed by atoms with Crippen molar-refractivity contribution in [3.05, 3.63) is 29.6 Å². The highest BCUT2D eigenvalue weighted by Gasteiger charge is 2.45. The van der Waals surface area contributed by atoms with Gasteiger partial charge in [-0.25, -0.2) is 15.0 Å². The van der Waals surface area contributed by atoms with E-state index < -0.39 is 0 Å². The summed E-state index contributed by atoms with van der Waals surface area (Å²) in [5.74, 6) is 4.24. The molecule has 2 aromatic rings. The quantitative estimate of drug-likeness (QED) is 0.904. The highest BCUT2D eigenvalue weighted by molar-refractivity contribution is 5.34. The molecule has 0 radical (unpaired) electrons. The van der Waals surface area contributed by atoms with Crippen LogP contribution >= 0.6 is 0 Å². The number of methoxy groups -OCH3 is 1. The Morgan fingerprint density at radius 3 is 2.74 bits per heavy atom. The molecule has 0 spiro atoms. The predicted octanol–water partition coefficient (Wildman–Crippen LogP) is 1.68. The first-order valence-electron chi connectivity index (χ1n) is 8.18. The van der Waals surface area contributed by atoms with E-state index in [-0.39, 0.29) is 0 Å². The van der Waals surface area contributed by atoms with Crippen molar-refractivity contribution in [2.75, 3.05) is 25.1 Å². The van der Waals surface area contributed by atoms with Crippen LogP contribution in [0.2, 0.25) is 0 Å². The smallest absolute Gasteiger partial charge is 0.225 e. The molecule has 3 heterocycles. The van der Waals surface area contributed by atoms with Gasteiger partial charge < -0.3 is 9.64 Å². The van der Waals surface area contributed by atoms with Crippen LogP contribution in [-0.2, 0) is 11.3 Å². The van der Waals surface area contributed by atoms with Crippen molar-refractivity contribution in [3.63, 3.8) is 0 Å². The molecular weight excluding hydrogens is 292 g/mol. The number of nitrogens with zero attached hydrogens (tertiary/aromatic N) is 5. The van der Waals surface area contributed by atoms with Gasteiger partial charge in [-0.3, -0.25) is 5.10 Å². The summed E-state index contributed by atoms with van der Waals surface area (Å²) in [6.45, 7) is 4.36. The van der Waals surface area contributed by atoms with Crippen molar-refractivity contribution in [3.8, 4) is 0 Å². The number of anilines is 1. The van der Waals surface area contributed by atoms with E-state index in [2.05, 4.69) is 30.0 Å². The summed E-state index contributed by atoms with van der Waals surface area (Å²) in [6, 6.07) is 0. The molecule has 0 amide bonds. The maximum Gasteiger partial charge on any atom is 0.225 e. The molecular formula is C16H22N6O. The topological polar surface area (TPSA) is 79.8 Å². The zero-order valence-electron chi connectivity index (χ0n) is 13.6. The Hall–Kier alpha value is -2.02. The van der Waals surface area contributed by atoms with Crippen LogP contribution in [0.5, 0.6) is 0 Å². The normalized spacial score (nSPS) is 24.3. The molecule has 1 aliphatic heterocycles. The van der Waals surface area contributed by atoms with Crippen molar-refractivity contribution >= 4 is 5.95 Å². The van der Waals surface area contributed by atoms with Crippen molar-refractivity contribution < 1.29 is 4.74 Å². The Balaban J connectivity index is 1.56. The fourth-order valence-corrected chi connectivity index (χ4v) is 3.49. The lowest BCUT2D eigenvalue weighted by Gasteiger charge is -2.15. The molecule has 7 heteroatoms. The molecule has 2 atom stereocenters. The van der Waals surface area contributed by atoms with Crippen LogP contribution in [0.4, 0.5) is 5.95 Å². The first-order valence-corrected chi connectivity index (χ1v) is 8.18. The van der Waals surface area contributed by atoms with Crippen molar-refractivity contribution in [2.45, 2.75) is 32.3 Å². The number of H-pyrrole nitrogens is 1. The number of nitrogens with one attached hydrogen (secondary N) is 1. The summed E-state index contributed by atoms with van der Waals surface area (Å²) < 4.78 is 5.13. The van der Waals surface area contributed by atoms with E-state index in [1.54, 1.807) is 7.11 Å². The average Bonchev–Trinajstić information content (AvgIpc) is 3.13. The average molecular weight is 314 g/mol. The first-order chi connectivity index (χ1) is 11.2. The van der Waals surface area contributed by atoms with Gasteiger partial charge in [0, 0.05) is 38.5 Å². The van der Waals surface area contributed by atoms with Crippen molar-refractivity contribution in [2.24, 2.45) is 11.8 Å². The Labute approximate surface area is 135 Å². The van der Waals surface area contributed by atoms with Gasteiger partial charge in [-0.15, -0.1) is 0 Å². The molecule has 0 bridgehead atoms. The van der Waals surface area contributed by atoms with Gasteiger partial charge in [-0.2, -0.15) is 5.10 Å². The van der Waals surface area contributed by atoms with E-state index in [0.29, 0.717) is 18.4 Å². The number of aryl methyl sites for hydroxylation is 1. The van der Waals surface area contributed by atoms with Gasteiger partial charge in [0.25, 0.3) is 0 Å². The number of hydrogen-bond acceptors (Lipinski definition) is 6. The van der Waals surface area contributed by atoms with E-state index in [0.717, 1.165) is 42.2 Å². The van der Waals surface area contributed by atoms with Gasteiger partial charge in [0.15, 0.2) is 11.6 Å². The van der Waals surface area contributed by atoms with E-state index in [4.69, 9.17) is 4.74 Å². The zero-order valence-corrected chi connectivity index (χ0v) is 13.6. The molecule has 1 aliphatic carbocycles. The minimum absolute atomic E-state index is 0.342. The van der Waals surface area contributed by atoms with Gasteiger partial charge in [-0.1, -0.05) is 0 Å². The van der Waals surface area contributed by atoms with E-state index >= 15 is 0 Å². The van der Waals surface area contributed by atoms with Crippen LogP contribution in [0.1, 0.15) is 36.0 Å². The summed E-state index contributed by atoms with van der Waals surface area (Å²) in [5.41, 5.74) is 1.08. The Morgan fingerprint density at radius 1 is 1.26 bits per heavy atom. The summed E-state index contributed by atoms with van der Waals surface area (Å²) in [6.07, 6.45) is 6.40. The Morgan fingerprint density at radius 2 is 2.04 bits per heavy atom. The monoisotopic (exact) mass is 314 g/mol. The Bertz CT molecular complexity index is 665. The third-order valence-corrected chi connectivity index (χ3v) is 4.80. The van der Waals surface area contributed by atoms with Crippen LogP contribution in [0.15, 0.2) is 12.4 Å². The summed E-state index contributed by atoms with van der Waals surface area (Å²) in [7, 11) is 1.67. The molecule has 2 aliphatic rings. The van der Waals surface area contributed by atoms with Gasteiger partial charge in [0.05, 0.1) is 0 Å². The maximum atomic E-state index is 5.13. The van der Waals surface area contributed by atoms with E-state index in [1.807, 2.05) is 19.3 Å². The highest BCUT2D eigenvalue weighted by atomic mass is 16.5. The largest absolute Gasteiger partial charge is 0.377 e. The second-order valence-electron chi connectivity index (χ2n) is 6.65. The standard InChI is InChI=1S/C16H22N6O/c1-10-5-17-16(18-6-10)22-7-12(11-3-4-11)13(8-22)15-19-14(9-23-2)20-21-15/h5-6,11-13H,3-4,7-9H2,1-2H3,(H,19,20,21)/t12-,13+/m1/s1. The van der Waals surface area contributed by atoms with Crippen LogP contribution in [-0.4, -0.2) is 45.3 Å². The van der Waals surface area contributed by atoms with Crippen molar-refractivity contribution in [1.82, 2.24) is 25.1 Å². The van der Waals surface area contributed by atoms with E-state index in [1.165, 1.54) is 12.8 Å². The minimum Gasteiger partial charge on any atom is -0.377 e. The maximum absolute atomic E-state index is 5.13. The lowest BCUT2D eigenvalue weighted by Crippen LogP contribution is -2.22. The molecule has 7 nitrogen and oxygen atoms in total. The van der Waals surface area contributed by atoms with Crippen LogP contribution in [0, 0.1) is 18.8 Å². The highest BCUT2D eigenvalue weighted by Crippen LogP contribution is 2.47. The predicted molar refractivity (Wildman–Crippen MR) is 85.0 cm³/mol. The Kier molecular flexibility index (Phi) is 3.72. The number of aromatic nitrogens is 5. The minimum atomic E-state index is 0.342. The molecule has 1 N–H and O–H groups in total. The zero-order chi connectivity index (χ0) is 15.8. The van der Waals surface area contributed by atoms with Gasteiger partial charge in [0.1, 0.15) is 6.61 Å². The fourth-order valence-electron chi connectivity index (χ4n) is 3.49. The van der Waals surface area contributed by atoms with Gasteiger partial charge in [-0.05, 0) is 37.2 Å². The fraction of sp³-hybridized carbons (Fsp3) is 0.625. The van der Waals surface area contributed by atoms with Crippen molar-refractivity contribution in [1.29, 1.82) is 0 Å². The summed E-state index contributed by atoms with van der Waals surface area (Å²) >= 11 is 0. The van der Waals surface area contributed by atoms with Crippen LogP contribution in [0.3, 0.4) is 0 Å². The summed E-state index contributed by atoms with van der Waals surface area (Å²) in [5, 5.41) is 7.43. The van der Waals surface area contributed by atoms with Gasteiger partial charge in [0.2, 0.25) is 5.95 Å². The molecule has 1 saturated carbocycles. The molecule has 23 heavy (non-hydrogen) atoms. The number of aromatic amines is 1. The lowest BCUT2D eigenvalue weighted by molar-refractivity contribution is 0.178. The third kappa shape index (κ3) is 2.93. The number of ether oxygens (including phenoxy) is 1. The molecule has 122 valence electrons. The van der Waals surface area contributed by atoms with Crippen LogP contribution < -0.4 is 4.90 Å². The molecule has 1 saturated heterocycles. The molecule has 0 unspecified atom stereocenters. The number of hydrogen-bond donors (Lipinski definition) is 1. The van der Waals surface area contributed by atoms with Gasteiger partial charge >= 0.3 is 0 Å². The molecule has 2 aromatic heterocycles. The summed E-state index contributed by atoms with van der Waals surface area (Å²) in [4.78, 5) is 15.9. The molecule has 0 aromatic carbocycles.